The summed E-state index contributed by atoms with van der Waals surface area (Å²) in [7, 11) is 0. The number of aromatic hydroxyl groups is 2. The Hall–Kier alpha value is -3.50. The molecular formula is C24H22N4O5S3. The zero-order chi connectivity index (χ0) is 26.2. The number of aryl methyl sites for hydroxylation is 1. The van der Waals surface area contributed by atoms with Crippen molar-refractivity contribution < 1.29 is 25.2 Å². The van der Waals surface area contributed by atoms with Gasteiger partial charge in [-0.1, -0.05) is 0 Å². The molecular weight excluding hydrogens is 520 g/mol. The Morgan fingerprint density at radius 3 is 2.56 bits per heavy atom. The molecule has 12 heteroatoms. The van der Waals surface area contributed by atoms with E-state index in [1.807, 2.05) is 6.07 Å². The lowest BCUT2D eigenvalue weighted by atomic mass is 10.1. The molecule has 4 aromatic rings. The molecule has 4 N–H and O–H groups in total. The molecule has 0 fully saturated rings. The number of carboxylic acid groups (broad SMARTS) is 1. The highest BCUT2D eigenvalue weighted by Gasteiger charge is 2.27. The standard InChI is InChI=1S/C14H14N2O4S2.C8H4N2OS.C2H4/c17-5-1-2-7-10(18)4-3-8-11(7)22-13(15-8)12-16-9(6-21-12)14(19)20;9-4-8-10-6-2-1-5(11)3-7(6)12-8;1-2/h3-4,9,17-18H,1-2,5-6H2,(H,19,20);1-3,11H;1-2H2. The third-order valence-corrected chi connectivity index (χ3v) is 8.05. The van der Waals surface area contributed by atoms with Crippen LogP contribution in [0.2, 0.25) is 0 Å². The Labute approximate surface area is 218 Å². The number of aliphatic hydroxyl groups is 1. The number of hydrogen-bond donors (Lipinski definition) is 4. The molecule has 5 rings (SSSR count). The Balaban J connectivity index is 0.000000217. The fraction of sp³-hybridized carbons (Fsp3) is 0.208. The molecule has 0 saturated carbocycles. The number of hydrogen-bond acceptors (Lipinski definition) is 11. The molecule has 1 aliphatic rings. The second kappa shape index (κ2) is 12.5. The van der Waals surface area contributed by atoms with Crippen LogP contribution in [-0.4, -0.2) is 59.8 Å². The smallest absolute Gasteiger partial charge is 0.329 e. The van der Waals surface area contributed by atoms with E-state index in [1.165, 1.54) is 34.4 Å². The van der Waals surface area contributed by atoms with Gasteiger partial charge in [-0.25, -0.2) is 14.8 Å². The van der Waals surface area contributed by atoms with Gasteiger partial charge in [0.1, 0.15) is 27.6 Å². The van der Waals surface area contributed by atoms with Crippen molar-refractivity contribution >= 4 is 65.9 Å². The molecule has 2 aromatic carbocycles. The lowest BCUT2D eigenvalue weighted by Crippen LogP contribution is -2.17. The zero-order valence-corrected chi connectivity index (χ0v) is 21.4. The Morgan fingerprint density at radius 1 is 1.14 bits per heavy atom. The molecule has 9 nitrogen and oxygen atoms in total. The molecule has 2 aromatic heterocycles. The Bertz CT molecular complexity index is 1460. The lowest BCUT2D eigenvalue weighted by Gasteiger charge is -2.03. The number of carbonyl (C=O) groups is 1. The molecule has 1 aliphatic heterocycles. The van der Waals surface area contributed by atoms with Crippen LogP contribution in [0.5, 0.6) is 11.5 Å². The fourth-order valence-corrected chi connectivity index (χ4v) is 6.23. The number of aliphatic imine (C=N–C) groups is 1. The number of aliphatic carboxylic acids is 1. The molecule has 36 heavy (non-hydrogen) atoms. The van der Waals surface area contributed by atoms with Crippen molar-refractivity contribution in [1.82, 2.24) is 9.97 Å². The minimum absolute atomic E-state index is 0.0599. The van der Waals surface area contributed by atoms with Gasteiger partial charge in [0.25, 0.3) is 0 Å². The number of benzene rings is 2. The SMILES string of the molecule is C=C.N#Cc1nc2ccc(O)cc2s1.O=C(O)C1CSC(c2nc3ccc(O)c(CCCO)c3s2)=N1. The van der Waals surface area contributed by atoms with Gasteiger partial charge in [-0.15, -0.1) is 47.6 Å². The summed E-state index contributed by atoms with van der Waals surface area (Å²) in [5.74, 6) is -0.107. The number of nitrogens with zero attached hydrogens (tertiary/aromatic N) is 4. The summed E-state index contributed by atoms with van der Waals surface area (Å²) in [5.41, 5.74) is 2.29. The first-order valence-electron chi connectivity index (χ1n) is 10.5. The number of phenolic OH excluding ortho intramolecular Hbond substituents is 2. The van der Waals surface area contributed by atoms with Gasteiger partial charge in [-0.05, 0) is 43.2 Å². The molecule has 186 valence electrons. The van der Waals surface area contributed by atoms with Crippen LogP contribution in [0.25, 0.3) is 20.4 Å². The van der Waals surface area contributed by atoms with Gasteiger partial charge in [0, 0.05) is 17.9 Å². The molecule has 0 amide bonds. The highest BCUT2D eigenvalue weighted by Crippen LogP contribution is 2.35. The van der Waals surface area contributed by atoms with E-state index < -0.39 is 12.0 Å². The van der Waals surface area contributed by atoms with E-state index in [0.29, 0.717) is 33.7 Å². The molecule has 0 spiro atoms. The number of fused-ring (bicyclic) bond motifs is 2. The number of carboxylic acids is 1. The Morgan fingerprint density at radius 2 is 1.89 bits per heavy atom. The van der Waals surface area contributed by atoms with Gasteiger partial charge in [0.2, 0.25) is 0 Å². The number of rotatable bonds is 5. The first-order chi connectivity index (χ1) is 17.4. The van der Waals surface area contributed by atoms with Gasteiger partial charge in [-0.2, -0.15) is 5.26 Å². The molecule has 0 radical (unpaired) electrons. The van der Waals surface area contributed by atoms with Crippen molar-refractivity contribution in [2.45, 2.75) is 18.9 Å². The van der Waals surface area contributed by atoms with Crippen molar-refractivity contribution in [2.75, 3.05) is 12.4 Å². The molecule has 3 heterocycles. The van der Waals surface area contributed by atoms with Gasteiger partial charge in [0.15, 0.2) is 11.0 Å². The Kier molecular flexibility index (Phi) is 9.38. The van der Waals surface area contributed by atoms with E-state index in [1.54, 1.807) is 30.3 Å². The summed E-state index contributed by atoms with van der Waals surface area (Å²) in [5, 5.41) is 47.4. The fourth-order valence-electron chi connectivity index (χ4n) is 3.20. The maximum absolute atomic E-state index is 11.0. The summed E-state index contributed by atoms with van der Waals surface area (Å²) in [6.07, 6.45) is 1.13. The summed E-state index contributed by atoms with van der Waals surface area (Å²) < 4.78 is 1.71. The largest absolute Gasteiger partial charge is 0.508 e. The second-order valence-corrected chi connectivity index (χ2v) is 10.2. The van der Waals surface area contributed by atoms with E-state index >= 15 is 0 Å². The maximum Gasteiger partial charge on any atom is 0.329 e. The van der Waals surface area contributed by atoms with E-state index in [-0.39, 0.29) is 18.1 Å². The topological polar surface area (TPSA) is 160 Å². The van der Waals surface area contributed by atoms with Gasteiger partial charge >= 0.3 is 5.97 Å². The third-order valence-electron chi connectivity index (χ3n) is 4.81. The summed E-state index contributed by atoms with van der Waals surface area (Å²) in [6.45, 7) is 6.06. The van der Waals surface area contributed by atoms with Gasteiger partial charge < -0.3 is 20.4 Å². The predicted molar refractivity (Wildman–Crippen MR) is 144 cm³/mol. The number of aromatic nitrogens is 2. The van der Waals surface area contributed by atoms with Crippen LogP contribution in [0.15, 0.2) is 48.5 Å². The lowest BCUT2D eigenvalue weighted by molar-refractivity contribution is -0.137. The van der Waals surface area contributed by atoms with Crippen LogP contribution in [0.3, 0.4) is 0 Å². The van der Waals surface area contributed by atoms with Crippen LogP contribution in [-0.2, 0) is 11.2 Å². The van der Waals surface area contributed by atoms with Crippen LogP contribution < -0.4 is 0 Å². The molecule has 0 aliphatic carbocycles. The zero-order valence-electron chi connectivity index (χ0n) is 18.9. The number of nitriles is 1. The number of phenols is 2. The first kappa shape index (κ1) is 27.1. The van der Waals surface area contributed by atoms with Gasteiger partial charge in [-0.3, -0.25) is 4.99 Å². The van der Waals surface area contributed by atoms with Gasteiger partial charge in [0.05, 0.1) is 20.4 Å². The minimum Gasteiger partial charge on any atom is -0.508 e. The number of thioether (sulfide) groups is 1. The normalized spacial score (nSPS) is 14.3. The first-order valence-corrected chi connectivity index (χ1v) is 13.2. The number of thiazole rings is 2. The summed E-state index contributed by atoms with van der Waals surface area (Å²) in [6, 6.07) is 9.45. The van der Waals surface area contributed by atoms with Crippen LogP contribution >= 0.6 is 34.4 Å². The predicted octanol–water partition coefficient (Wildman–Crippen LogP) is 4.55. The monoisotopic (exact) mass is 542 g/mol. The average molecular weight is 543 g/mol. The van der Waals surface area contributed by atoms with Crippen LogP contribution in [0.4, 0.5) is 0 Å². The highest BCUT2D eigenvalue weighted by atomic mass is 32.2. The van der Waals surface area contributed by atoms with Crippen molar-refractivity contribution in [2.24, 2.45) is 4.99 Å². The highest BCUT2D eigenvalue weighted by molar-refractivity contribution is 8.15. The van der Waals surface area contributed by atoms with Crippen molar-refractivity contribution in [3.63, 3.8) is 0 Å². The van der Waals surface area contributed by atoms with E-state index in [2.05, 4.69) is 28.1 Å². The van der Waals surface area contributed by atoms with Crippen molar-refractivity contribution in [3.8, 4) is 17.6 Å². The van der Waals surface area contributed by atoms with Crippen molar-refractivity contribution in [3.05, 3.63) is 59.1 Å². The second-order valence-electron chi connectivity index (χ2n) is 7.14. The molecule has 0 saturated heterocycles. The third kappa shape index (κ3) is 6.19. The average Bonchev–Trinajstić information content (AvgIpc) is 3.62. The van der Waals surface area contributed by atoms with Crippen molar-refractivity contribution in [1.29, 1.82) is 5.26 Å². The maximum atomic E-state index is 11.0. The summed E-state index contributed by atoms with van der Waals surface area (Å²) in [4.78, 5) is 23.7. The summed E-state index contributed by atoms with van der Waals surface area (Å²) >= 11 is 4.07. The van der Waals surface area contributed by atoms with E-state index in [9.17, 15) is 9.90 Å². The molecule has 0 bridgehead atoms. The number of aliphatic hydroxyl groups excluding tert-OH is 1. The van der Waals surface area contributed by atoms with E-state index in [4.69, 9.17) is 20.6 Å². The van der Waals surface area contributed by atoms with Crippen LogP contribution in [0.1, 0.15) is 22.0 Å². The molecule has 1 atom stereocenters. The van der Waals surface area contributed by atoms with Crippen LogP contribution in [0, 0.1) is 11.3 Å². The molecule has 1 unspecified atom stereocenters. The minimum atomic E-state index is -0.926. The quantitative estimate of drug-likeness (QED) is 0.265. The van der Waals surface area contributed by atoms with E-state index in [0.717, 1.165) is 26.0 Å².